The average Bonchev–Trinajstić information content (AvgIpc) is 2.31. The van der Waals surface area contributed by atoms with Crippen molar-refractivity contribution in [2.24, 2.45) is 0 Å². The van der Waals surface area contributed by atoms with Gasteiger partial charge in [-0.2, -0.15) is 0 Å². The molecule has 0 aliphatic carbocycles. The number of hydrogen-bond acceptors (Lipinski definition) is 3. The molecule has 1 N–H and O–H groups in total. The Balaban J connectivity index is 1.75. The van der Waals surface area contributed by atoms with Crippen molar-refractivity contribution >= 4 is 0 Å². The molecule has 0 aromatic heterocycles. The van der Waals surface area contributed by atoms with E-state index in [1.54, 1.807) is 0 Å². The second-order valence-corrected chi connectivity index (χ2v) is 5.41. The summed E-state index contributed by atoms with van der Waals surface area (Å²) in [5, 5.41) is 9.90. The Hall–Kier alpha value is -1.06. The van der Waals surface area contributed by atoms with Gasteiger partial charge in [0, 0.05) is 19.6 Å². The molecule has 0 unspecified atom stereocenters. The van der Waals surface area contributed by atoms with Crippen LogP contribution in [0.2, 0.25) is 0 Å². The van der Waals surface area contributed by atoms with Gasteiger partial charge in [-0.15, -0.1) is 0 Å². The van der Waals surface area contributed by atoms with Crippen LogP contribution in [0.1, 0.15) is 24.5 Å². The van der Waals surface area contributed by atoms with Gasteiger partial charge in [-0.05, 0) is 37.5 Å². The van der Waals surface area contributed by atoms with E-state index in [0.29, 0.717) is 6.61 Å². The van der Waals surface area contributed by atoms with Crippen molar-refractivity contribution in [3.05, 3.63) is 29.3 Å². The molecule has 18 heavy (non-hydrogen) atoms. The Morgan fingerprint density at radius 2 is 2.06 bits per heavy atom. The lowest BCUT2D eigenvalue weighted by Gasteiger charge is -2.46. The highest BCUT2D eigenvalue weighted by atomic mass is 16.5. The van der Waals surface area contributed by atoms with Crippen molar-refractivity contribution in [3.8, 4) is 5.75 Å². The summed E-state index contributed by atoms with van der Waals surface area (Å²) < 4.78 is 5.80. The van der Waals surface area contributed by atoms with E-state index in [2.05, 4.69) is 36.9 Å². The van der Waals surface area contributed by atoms with Gasteiger partial charge < -0.3 is 9.84 Å². The van der Waals surface area contributed by atoms with E-state index >= 15 is 0 Å². The third-order valence-corrected chi connectivity index (χ3v) is 3.70. The van der Waals surface area contributed by atoms with Gasteiger partial charge in [-0.3, -0.25) is 4.90 Å². The van der Waals surface area contributed by atoms with Crippen LogP contribution in [-0.2, 0) is 0 Å². The summed E-state index contributed by atoms with van der Waals surface area (Å²) in [5.41, 5.74) is 1.95. The van der Waals surface area contributed by atoms with Gasteiger partial charge in [0.15, 0.2) is 0 Å². The Bertz CT molecular complexity index is 411. The summed E-state index contributed by atoms with van der Waals surface area (Å²) in [6.07, 6.45) is 0.835. The van der Waals surface area contributed by atoms with Crippen LogP contribution in [0.15, 0.2) is 18.2 Å². The second kappa shape index (κ2) is 5.29. The molecule has 0 radical (unpaired) electrons. The molecule has 2 rings (SSSR count). The monoisotopic (exact) mass is 249 g/mol. The fourth-order valence-electron chi connectivity index (χ4n) is 2.32. The zero-order chi connectivity index (χ0) is 13.2. The van der Waals surface area contributed by atoms with E-state index < -0.39 is 5.60 Å². The number of hydrogen-bond donors (Lipinski definition) is 1. The number of likely N-dealkylation sites (tertiary alicyclic amines) is 1. The van der Waals surface area contributed by atoms with Crippen LogP contribution in [0.4, 0.5) is 0 Å². The molecule has 3 heteroatoms. The fourth-order valence-corrected chi connectivity index (χ4v) is 2.32. The summed E-state index contributed by atoms with van der Waals surface area (Å²) in [7, 11) is 0. The highest BCUT2D eigenvalue weighted by molar-refractivity contribution is 5.35. The van der Waals surface area contributed by atoms with Crippen LogP contribution in [-0.4, -0.2) is 41.8 Å². The lowest BCUT2D eigenvalue weighted by atomic mass is 9.91. The van der Waals surface area contributed by atoms with Gasteiger partial charge in [0.1, 0.15) is 12.4 Å². The molecule has 1 aliphatic rings. The first kappa shape index (κ1) is 13.4. The summed E-state index contributed by atoms with van der Waals surface area (Å²) in [4.78, 5) is 2.23. The molecule has 1 aromatic carbocycles. The van der Waals surface area contributed by atoms with Crippen LogP contribution >= 0.6 is 0 Å². The summed E-state index contributed by atoms with van der Waals surface area (Å²) in [6.45, 7) is 9.29. The molecule has 0 atom stereocenters. The molecule has 0 spiro atoms. The van der Waals surface area contributed by atoms with Gasteiger partial charge in [0.25, 0.3) is 0 Å². The Morgan fingerprint density at radius 3 is 2.72 bits per heavy atom. The number of aliphatic hydroxyl groups is 1. The molecule has 100 valence electrons. The van der Waals surface area contributed by atoms with E-state index in [9.17, 15) is 5.11 Å². The molecule has 1 heterocycles. The van der Waals surface area contributed by atoms with Crippen LogP contribution in [0, 0.1) is 13.8 Å². The van der Waals surface area contributed by atoms with E-state index in [0.717, 1.165) is 31.8 Å². The lowest BCUT2D eigenvalue weighted by Crippen LogP contribution is -2.61. The lowest BCUT2D eigenvalue weighted by molar-refractivity contribution is -0.102. The minimum absolute atomic E-state index is 0.445. The Morgan fingerprint density at radius 1 is 1.33 bits per heavy atom. The Labute approximate surface area is 109 Å². The van der Waals surface area contributed by atoms with E-state index in [4.69, 9.17) is 4.74 Å². The summed E-state index contributed by atoms with van der Waals surface area (Å²) >= 11 is 0. The molecule has 0 amide bonds. The number of aryl methyl sites for hydroxylation is 2. The summed E-state index contributed by atoms with van der Waals surface area (Å²) in [5.74, 6) is 0.973. The topological polar surface area (TPSA) is 32.7 Å². The van der Waals surface area contributed by atoms with Crippen molar-refractivity contribution in [2.45, 2.75) is 32.8 Å². The maximum Gasteiger partial charge on any atom is 0.122 e. The normalized spacial score (nSPS) is 18.4. The molecular formula is C15H23NO2. The first-order valence-corrected chi connectivity index (χ1v) is 6.67. The van der Waals surface area contributed by atoms with Crippen LogP contribution in [0.25, 0.3) is 0 Å². The molecule has 1 aromatic rings. The van der Waals surface area contributed by atoms with Gasteiger partial charge in [-0.1, -0.05) is 19.1 Å². The summed E-state index contributed by atoms with van der Waals surface area (Å²) in [6, 6.07) is 6.26. The minimum atomic E-state index is -0.445. The number of ether oxygens (including phenoxy) is 1. The standard InChI is InChI=1S/C15H23NO2/c1-4-15(17)10-16(11-15)7-8-18-14-9-12(2)5-6-13(14)3/h5-6,9,17H,4,7-8,10-11H2,1-3H3. The predicted octanol–water partition coefficient (Wildman–Crippen LogP) is 2.14. The largest absolute Gasteiger partial charge is 0.492 e. The zero-order valence-electron chi connectivity index (χ0n) is 11.6. The predicted molar refractivity (Wildman–Crippen MR) is 73.1 cm³/mol. The van der Waals surface area contributed by atoms with Crippen LogP contribution < -0.4 is 4.74 Å². The molecule has 1 fully saturated rings. The molecule has 0 bridgehead atoms. The van der Waals surface area contributed by atoms with Gasteiger partial charge in [-0.25, -0.2) is 0 Å². The maximum absolute atomic E-state index is 9.90. The second-order valence-electron chi connectivity index (χ2n) is 5.41. The third-order valence-electron chi connectivity index (χ3n) is 3.70. The zero-order valence-corrected chi connectivity index (χ0v) is 11.6. The SMILES string of the molecule is CCC1(O)CN(CCOc2cc(C)ccc2C)C1. The molecular weight excluding hydrogens is 226 g/mol. The van der Waals surface area contributed by atoms with Gasteiger partial charge in [0.05, 0.1) is 5.60 Å². The van der Waals surface area contributed by atoms with E-state index in [-0.39, 0.29) is 0 Å². The van der Waals surface area contributed by atoms with Crippen LogP contribution in [0.5, 0.6) is 5.75 Å². The van der Waals surface area contributed by atoms with Crippen molar-refractivity contribution in [2.75, 3.05) is 26.2 Å². The van der Waals surface area contributed by atoms with E-state index in [1.807, 2.05) is 6.92 Å². The minimum Gasteiger partial charge on any atom is -0.492 e. The number of rotatable bonds is 5. The highest BCUT2D eigenvalue weighted by Gasteiger charge is 2.38. The molecule has 0 saturated carbocycles. The van der Waals surface area contributed by atoms with E-state index in [1.165, 1.54) is 11.1 Å². The first-order chi connectivity index (χ1) is 8.52. The molecule has 1 saturated heterocycles. The van der Waals surface area contributed by atoms with Crippen molar-refractivity contribution < 1.29 is 9.84 Å². The quantitative estimate of drug-likeness (QED) is 0.868. The van der Waals surface area contributed by atoms with Gasteiger partial charge in [0.2, 0.25) is 0 Å². The number of nitrogens with zero attached hydrogens (tertiary/aromatic N) is 1. The molecule has 3 nitrogen and oxygen atoms in total. The molecule has 1 aliphatic heterocycles. The average molecular weight is 249 g/mol. The van der Waals surface area contributed by atoms with Crippen molar-refractivity contribution in [1.29, 1.82) is 0 Å². The number of benzene rings is 1. The third kappa shape index (κ3) is 3.03. The highest BCUT2D eigenvalue weighted by Crippen LogP contribution is 2.24. The van der Waals surface area contributed by atoms with Crippen molar-refractivity contribution in [3.63, 3.8) is 0 Å². The fraction of sp³-hybridized carbons (Fsp3) is 0.600. The van der Waals surface area contributed by atoms with Gasteiger partial charge >= 0.3 is 0 Å². The number of β-amino-alcohol motifs (C(OH)–C–C–N with tert-alkyl or cyclic N) is 1. The maximum atomic E-state index is 9.90. The Kier molecular flexibility index (Phi) is 3.93. The van der Waals surface area contributed by atoms with Crippen molar-refractivity contribution in [1.82, 2.24) is 4.90 Å². The smallest absolute Gasteiger partial charge is 0.122 e. The first-order valence-electron chi connectivity index (χ1n) is 6.67. The van der Waals surface area contributed by atoms with Crippen LogP contribution in [0.3, 0.4) is 0 Å².